The smallest absolute Gasteiger partial charge is 0.255 e. The van der Waals surface area contributed by atoms with Gasteiger partial charge in [-0.25, -0.2) is 13.8 Å². The fourth-order valence-electron chi connectivity index (χ4n) is 4.86. The molecule has 0 aliphatic carbocycles. The van der Waals surface area contributed by atoms with Crippen molar-refractivity contribution in [2.45, 2.75) is 39.8 Å². The molecule has 1 aliphatic rings. The number of fused-ring (bicyclic) bond motifs is 2. The number of alkyl halides is 2. The molecule has 1 N–H and O–H groups in total. The minimum Gasteiger partial charge on any atom is -0.493 e. The number of carbonyl (C=O) groups is 1. The van der Waals surface area contributed by atoms with Gasteiger partial charge in [-0.1, -0.05) is 24.3 Å². The number of hydrogen-bond acceptors (Lipinski definition) is 7. The molecule has 1 amide bonds. The Kier molecular flexibility index (Phi) is 7.00. The summed E-state index contributed by atoms with van der Waals surface area (Å²) in [6, 6.07) is 9.57. The zero-order valence-corrected chi connectivity index (χ0v) is 21.7. The number of rotatable bonds is 7. The number of nitrogens with zero attached hydrogens (tertiary/aromatic N) is 7. The van der Waals surface area contributed by atoms with Gasteiger partial charge in [0.15, 0.2) is 0 Å². The molecule has 4 heterocycles. The van der Waals surface area contributed by atoms with Crippen molar-refractivity contribution in [1.29, 1.82) is 0 Å². The average Bonchev–Trinajstić information content (AvgIpc) is 3.24. The molecule has 1 aromatic carbocycles. The Morgan fingerprint density at radius 3 is 2.47 bits per heavy atom. The van der Waals surface area contributed by atoms with Gasteiger partial charge in [-0.05, 0) is 25.3 Å². The van der Waals surface area contributed by atoms with Crippen molar-refractivity contribution in [3.63, 3.8) is 0 Å². The van der Waals surface area contributed by atoms with Gasteiger partial charge >= 0.3 is 0 Å². The third-order valence-electron chi connectivity index (χ3n) is 6.90. The number of piperazine rings is 1. The van der Waals surface area contributed by atoms with Crippen molar-refractivity contribution < 1.29 is 18.7 Å². The summed E-state index contributed by atoms with van der Waals surface area (Å²) in [6.07, 6.45) is 0.833. The molecule has 11 heteroatoms. The van der Waals surface area contributed by atoms with E-state index in [0.29, 0.717) is 54.5 Å². The molecule has 9 nitrogen and oxygen atoms in total. The molecule has 0 atom stereocenters. The summed E-state index contributed by atoms with van der Waals surface area (Å²) in [6.45, 7) is 6.92. The van der Waals surface area contributed by atoms with Crippen molar-refractivity contribution in [1.82, 2.24) is 24.4 Å². The molecule has 200 valence electrons. The first-order valence-electron chi connectivity index (χ1n) is 12.7. The Morgan fingerprint density at radius 1 is 1.11 bits per heavy atom. The Hall–Kier alpha value is -4.02. The van der Waals surface area contributed by atoms with Crippen LogP contribution in [-0.2, 0) is 11.3 Å². The number of amides is 1. The predicted molar refractivity (Wildman–Crippen MR) is 143 cm³/mol. The fraction of sp³-hybridized carbons (Fsp3) is 0.407. The standard InChI is InChI=1S/C27H31F2N7O2/c1-17(2)36-15-22-24(26(36)38)31-27(34-10-8-33(9-11-34)18(3)37)32-25(22)35(16-23(28)29)14-21-12-19-6-4-5-7-20(19)13-30-21/h4-7,12-13,15,17,23,38H,8-11,14,16H2,1-3H3. The number of benzene rings is 1. The summed E-state index contributed by atoms with van der Waals surface area (Å²) < 4.78 is 29.5. The SMILES string of the molecule is CC(=O)N1CCN(c2nc(N(Cc3cc4ccccc4cn3)CC(F)F)c3cn(C(C)C)c(O)c3n2)CC1. The molecule has 0 radical (unpaired) electrons. The number of pyridine rings is 1. The summed E-state index contributed by atoms with van der Waals surface area (Å²) in [4.78, 5) is 30.9. The van der Waals surface area contributed by atoms with Crippen LogP contribution in [-0.4, -0.2) is 74.6 Å². The predicted octanol–water partition coefficient (Wildman–Crippen LogP) is 4.21. The highest BCUT2D eigenvalue weighted by Crippen LogP contribution is 2.36. The Morgan fingerprint density at radius 2 is 1.82 bits per heavy atom. The fourth-order valence-corrected chi connectivity index (χ4v) is 4.86. The molecule has 0 saturated carbocycles. The van der Waals surface area contributed by atoms with Gasteiger partial charge in [-0.2, -0.15) is 4.98 Å². The second kappa shape index (κ2) is 10.4. The van der Waals surface area contributed by atoms with Crippen LogP contribution in [0.4, 0.5) is 20.5 Å². The van der Waals surface area contributed by atoms with Crippen LogP contribution in [0.15, 0.2) is 42.7 Å². The minimum atomic E-state index is -2.62. The summed E-state index contributed by atoms with van der Waals surface area (Å²) >= 11 is 0. The summed E-state index contributed by atoms with van der Waals surface area (Å²) in [5.74, 6) is 0.602. The zero-order chi connectivity index (χ0) is 27.0. The molecular formula is C27H31F2N7O2. The van der Waals surface area contributed by atoms with Crippen LogP contribution in [0.25, 0.3) is 21.7 Å². The van der Waals surface area contributed by atoms with Gasteiger partial charge in [0.05, 0.1) is 24.2 Å². The minimum absolute atomic E-state index is 0.000595. The van der Waals surface area contributed by atoms with E-state index in [1.165, 1.54) is 11.8 Å². The number of aromatic hydroxyl groups is 1. The van der Waals surface area contributed by atoms with E-state index < -0.39 is 13.0 Å². The lowest BCUT2D eigenvalue weighted by molar-refractivity contribution is -0.129. The Bertz CT molecular complexity index is 1460. The lowest BCUT2D eigenvalue weighted by Gasteiger charge is -2.34. The molecule has 1 fully saturated rings. The lowest BCUT2D eigenvalue weighted by Crippen LogP contribution is -2.48. The average molecular weight is 524 g/mol. The Balaban J connectivity index is 1.59. The quantitative estimate of drug-likeness (QED) is 0.388. The van der Waals surface area contributed by atoms with E-state index in [1.54, 1.807) is 21.9 Å². The van der Waals surface area contributed by atoms with E-state index in [4.69, 9.17) is 4.98 Å². The largest absolute Gasteiger partial charge is 0.493 e. The third kappa shape index (κ3) is 5.05. The number of aromatic nitrogens is 4. The summed E-state index contributed by atoms with van der Waals surface area (Å²) in [5, 5.41) is 13.4. The van der Waals surface area contributed by atoms with Crippen LogP contribution >= 0.6 is 0 Å². The monoisotopic (exact) mass is 523 g/mol. The first-order chi connectivity index (χ1) is 18.2. The second-order valence-corrected chi connectivity index (χ2v) is 9.85. The number of anilines is 2. The van der Waals surface area contributed by atoms with Crippen molar-refractivity contribution in [2.24, 2.45) is 0 Å². The van der Waals surface area contributed by atoms with E-state index >= 15 is 0 Å². The third-order valence-corrected chi connectivity index (χ3v) is 6.90. The van der Waals surface area contributed by atoms with E-state index in [1.807, 2.05) is 49.1 Å². The van der Waals surface area contributed by atoms with Gasteiger partial charge in [0, 0.05) is 56.9 Å². The van der Waals surface area contributed by atoms with Crippen LogP contribution in [0.3, 0.4) is 0 Å². The van der Waals surface area contributed by atoms with Crippen LogP contribution in [0.1, 0.15) is 32.5 Å². The molecule has 4 aromatic rings. The van der Waals surface area contributed by atoms with Crippen LogP contribution < -0.4 is 9.80 Å². The Labute approximate surface area is 219 Å². The number of carbonyl (C=O) groups excluding carboxylic acids is 1. The number of halogens is 2. The van der Waals surface area contributed by atoms with Gasteiger partial charge in [0.25, 0.3) is 6.43 Å². The van der Waals surface area contributed by atoms with Crippen molar-refractivity contribution >= 4 is 39.3 Å². The summed E-state index contributed by atoms with van der Waals surface area (Å²) in [5.41, 5.74) is 0.929. The molecule has 0 bridgehead atoms. The van der Waals surface area contributed by atoms with Crippen molar-refractivity contribution in [3.05, 3.63) is 48.4 Å². The summed E-state index contributed by atoms with van der Waals surface area (Å²) in [7, 11) is 0. The van der Waals surface area contributed by atoms with Crippen LogP contribution in [0.2, 0.25) is 0 Å². The highest BCUT2D eigenvalue weighted by Gasteiger charge is 2.27. The molecule has 0 unspecified atom stereocenters. The van der Waals surface area contributed by atoms with Crippen molar-refractivity contribution in [2.75, 3.05) is 42.5 Å². The van der Waals surface area contributed by atoms with Crippen LogP contribution in [0.5, 0.6) is 5.88 Å². The first kappa shape index (κ1) is 25.6. The van der Waals surface area contributed by atoms with Gasteiger partial charge < -0.3 is 24.4 Å². The molecular weight excluding hydrogens is 492 g/mol. The van der Waals surface area contributed by atoms with Gasteiger partial charge in [-0.3, -0.25) is 9.78 Å². The lowest BCUT2D eigenvalue weighted by atomic mass is 10.1. The molecule has 3 aromatic heterocycles. The van der Waals surface area contributed by atoms with Gasteiger partial charge in [0.1, 0.15) is 11.3 Å². The van der Waals surface area contributed by atoms with Gasteiger partial charge in [-0.15, -0.1) is 0 Å². The first-order valence-corrected chi connectivity index (χ1v) is 12.7. The van der Waals surface area contributed by atoms with Crippen molar-refractivity contribution in [3.8, 4) is 5.88 Å². The maximum atomic E-state index is 13.9. The van der Waals surface area contributed by atoms with Crippen LogP contribution in [0, 0.1) is 0 Å². The van der Waals surface area contributed by atoms with E-state index in [9.17, 15) is 18.7 Å². The van der Waals surface area contributed by atoms with E-state index in [2.05, 4.69) is 9.97 Å². The molecule has 1 aliphatic heterocycles. The highest BCUT2D eigenvalue weighted by atomic mass is 19.3. The molecule has 38 heavy (non-hydrogen) atoms. The molecule has 0 spiro atoms. The zero-order valence-electron chi connectivity index (χ0n) is 21.7. The topological polar surface area (TPSA) is 90.6 Å². The maximum Gasteiger partial charge on any atom is 0.255 e. The van der Waals surface area contributed by atoms with E-state index in [-0.39, 0.29) is 24.4 Å². The second-order valence-electron chi connectivity index (χ2n) is 9.85. The molecule has 5 rings (SSSR count). The normalized spacial score (nSPS) is 14.3. The number of hydrogen-bond donors (Lipinski definition) is 1. The van der Waals surface area contributed by atoms with Gasteiger partial charge in [0.2, 0.25) is 17.7 Å². The maximum absolute atomic E-state index is 13.9. The van der Waals surface area contributed by atoms with E-state index in [0.717, 1.165) is 10.8 Å². The molecule has 1 saturated heterocycles. The highest BCUT2D eigenvalue weighted by molar-refractivity contribution is 5.94.